The van der Waals surface area contributed by atoms with Gasteiger partial charge in [0, 0.05) is 16.9 Å². The zero-order valence-electron chi connectivity index (χ0n) is 15.0. The van der Waals surface area contributed by atoms with Gasteiger partial charge in [-0.3, -0.25) is 9.59 Å². The summed E-state index contributed by atoms with van der Waals surface area (Å²) in [6.07, 6.45) is 3.40. The number of aryl methyl sites for hydroxylation is 1. The van der Waals surface area contributed by atoms with Crippen LogP contribution < -0.4 is 10.6 Å². The molecule has 3 rings (SSSR count). The summed E-state index contributed by atoms with van der Waals surface area (Å²) in [7, 11) is 0. The molecule has 130 valence electrons. The van der Waals surface area contributed by atoms with Crippen molar-refractivity contribution < 1.29 is 9.59 Å². The van der Waals surface area contributed by atoms with Crippen LogP contribution in [0.2, 0.25) is 0 Å². The summed E-state index contributed by atoms with van der Waals surface area (Å²) in [6, 6.07) is 13.3. The van der Waals surface area contributed by atoms with E-state index < -0.39 is 5.41 Å². The van der Waals surface area contributed by atoms with Crippen LogP contribution in [0.4, 0.5) is 11.4 Å². The number of hydrogen-bond donors (Lipinski definition) is 2. The third-order valence-corrected chi connectivity index (χ3v) is 4.80. The standard InChI is InChI=1S/C21H24N2O2/c1-4-5-6-14-7-10-16(11-8-14)22-19(24)15-9-12-17-18(13-15)23-20(25)21(17,2)3/h7-13H,4-6H2,1-3H3,(H,22,24)(H,23,25). The predicted molar refractivity (Wildman–Crippen MR) is 101 cm³/mol. The Hall–Kier alpha value is -2.62. The summed E-state index contributed by atoms with van der Waals surface area (Å²) in [4.78, 5) is 24.5. The fourth-order valence-electron chi connectivity index (χ4n) is 3.07. The molecular weight excluding hydrogens is 312 g/mol. The molecule has 25 heavy (non-hydrogen) atoms. The molecule has 2 amide bonds. The maximum atomic E-state index is 12.5. The molecule has 4 nitrogen and oxygen atoms in total. The van der Waals surface area contributed by atoms with E-state index in [9.17, 15) is 9.59 Å². The lowest BCUT2D eigenvalue weighted by Crippen LogP contribution is -2.26. The topological polar surface area (TPSA) is 58.2 Å². The molecule has 1 aliphatic heterocycles. The predicted octanol–water partition coefficient (Wildman–Crippen LogP) is 4.51. The lowest BCUT2D eigenvalue weighted by molar-refractivity contribution is -0.119. The van der Waals surface area contributed by atoms with Gasteiger partial charge in [-0.1, -0.05) is 31.5 Å². The smallest absolute Gasteiger partial charge is 0.255 e. The van der Waals surface area contributed by atoms with Crippen molar-refractivity contribution in [1.29, 1.82) is 0 Å². The number of unbranched alkanes of at least 4 members (excludes halogenated alkanes) is 1. The molecule has 2 aromatic rings. The van der Waals surface area contributed by atoms with Gasteiger partial charge < -0.3 is 10.6 Å². The van der Waals surface area contributed by atoms with Gasteiger partial charge in [0.25, 0.3) is 5.91 Å². The van der Waals surface area contributed by atoms with Gasteiger partial charge in [-0.25, -0.2) is 0 Å². The first-order chi connectivity index (χ1) is 11.9. The monoisotopic (exact) mass is 336 g/mol. The summed E-state index contributed by atoms with van der Waals surface area (Å²) >= 11 is 0. The van der Waals surface area contributed by atoms with Gasteiger partial charge in [0.05, 0.1) is 5.41 Å². The number of fused-ring (bicyclic) bond motifs is 1. The molecule has 0 radical (unpaired) electrons. The van der Waals surface area contributed by atoms with Gasteiger partial charge in [-0.15, -0.1) is 0 Å². The molecular formula is C21H24N2O2. The minimum atomic E-state index is -0.557. The summed E-state index contributed by atoms with van der Waals surface area (Å²) in [5.41, 5.74) is 3.68. The maximum Gasteiger partial charge on any atom is 0.255 e. The van der Waals surface area contributed by atoms with Crippen molar-refractivity contribution in [2.75, 3.05) is 10.6 Å². The molecule has 2 aromatic carbocycles. The second-order valence-corrected chi connectivity index (χ2v) is 7.09. The van der Waals surface area contributed by atoms with Crippen LogP contribution in [-0.2, 0) is 16.6 Å². The minimum absolute atomic E-state index is 0.0391. The Morgan fingerprint density at radius 1 is 1.12 bits per heavy atom. The highest BCUT2D eigenvalue weighted by atomic mass is 16.2. The summed E-state index contributed by atoms with van der Waals surface area (Å²) < 4.78 is 0. The zero-order valence-corrected chi connectivity index (χ0v) is 15.0. The second-order valence-electron chi connectivity index (χ2n) is 7.09. The van der Waals surface area contributed by atoms with E-state index in [-0.39, 0.29) is 11.8 Å². The third kappa shape index (κ3) is 3.43. The van der Waals surface area contributed by atoms with Gasteiger partial charge in [0.15, 0.2) is 0 Å². The lowest BCUT2D eigenvalue weighted by atomic mass is 9.86. The zero-order chi connectivity index (χ0) is 18.0. The number of carbonyl (C=O) groups excluding carboxylic acids is 2. The number of rotatable bonds is 5. The maximum absolute atomic E-state index is 12.5. The van der Waals surface area contributed by atoms with E-state index in [1.807, 2.05) is 32.0 Å². The Balaban J connectivity index is 1.72. The number of amides is 2. The summed E-state index contributed by atoms with van der Waals surface area (Å²) in [6.45, 7) is 5.94. The molecule has 0 saturated carbocycles. The highest BCUT2D eigenvalue weighted by molar-refractivity contribution is 6.09. The highest BCUT2D eigenvalue weighted by Crippen LogP contribution is 2.37. The number of nitrogens with one attached hydrogen (secondary N) is 2. The SMILES string of the molecule is CCCCc1ccc(NC(=O)c2ccc3c(c2)NC(=O)C3(C)C)cc1. The van der Waals surface area contributed by atoms with Gasteiger partial charge in [0.1, 0.15) is 0 Å². The van der Waals surface area contributed by atoms with E-state index >= 15 is 0 Å². The first kappa shape index (κ1) is 17.2. The van der Waals surface area contributed by atoms with E-state index in [4.69, 9.17) is 0 Å². The van der Waals surface area contributed by atoms with Crippen molar-refractivity contribution in [1.82, 2.24) is 0 Å². The van der Waals surface area contributed by atoms with E-state index in [1.54, 1.807) is 12.1 Å². The van der Waals surface area contributed by atoms with Crippen molar-refractivity contribution in [3.8, 4) is 0 Å². The first-order valence-corrected chi connectivity index (χ1v) is 8.78. The van der Waals surface area contributed by atoms with Crippen molar-refractivity contribution in [3.63, 3.8) is 0 Å². The molecule has 2 N–H and O–H groups in total. The van der Waals surface area contributed by atoms with Crippen LogP contribution in [-0.4, -0.2) is 11.8 Å². The van der Waals surface area contributed by atoms with E-state index in [0.717, 1.165) is 23.4 Å². The normalized spacial score (nSPS) is 14.8. The quantitative estimate of drug-likeness (QED) is 0.844. The van der Waals surface area contributed by atoms with Crippen LogP contribution in [0.1, 0.15) is 55.1 Å². The minimum Gasteiger partial charge on any atom is -0.325 e. The molecule has 0 aromatic heterocycles. The van der Waals surface area contributed by atoms with Crippen LogP contribution >= 0.6 is 0 Å². The molecule has 0 bridgehead atoms. The number of carbonyl (C=O) groups is 2. The largest absolute Gasteiger partial charge is 0.325 e. The molecule has 4 heteroatoms. The van der Waals surface area contributed by atoms with Crippen LogP contribution in [0.5, 0.6) is 0 Å². The van der Waals surface area contributed by atoms with E-state index in [0.29, 0.717) is 5.56 Å². The van der Waals surface area contributed by atoms with Gasteiger partial charge in [0.2, 0.25) is 5.91 Å². The molecule has 0 fully saturated rings. The number of anilines is 2. The number of benzene rings is 2. The van der Waals surface area contributed by atoms with Crippen molar-refractivity contribution in [3.05, 3.63) is 59.2 Å². The molecule has 1 heterocycles. The number of hydrogen-bond acceptors (Lipinski definition) is 2. The Morgan fingerprint density at radius 2 is 1.84 bits per heavy atom. The average molecular weight is 336 g/mol. The molecule has 0 atom stereocenters. The molecule has 0 aliphatic carbocycles. The summed E-state index contributed by atoms with van der Waals surface area (Å²) in [5, 5.41) is 5.77. The molecule has 0 saturated heterocycles. The second kappa shape index (κ2) is 6.71. The lowest BCUT2D eigenvalue weighted by Gasteiger charge is -2.15. The highest BCUT2D eigenvalue weighted by Gasteiger charge is 2.38. The Kier molecular flexibility index (Phi) is 4.62. The van der Waals surface area contributed by atoms with Crippen LogP contribution in [0.15, 0.2) is 42.5 Å². The first-order valence-electron chi connectivity index (χ1n) is 8.78. The molecule has 0 spiro atoms. The van der Waals surface area contributed by atoms with E-state index in [2.05, 4.69) is 29.7 Å². The van der Waals surface area contributed by atoms with Gasteiger partial charge in [-0.2, -0.15) is 0 Å². The van der Waals surface area contributed by atoms with Crippen LogP contribution in [0.3, 0.4) is 0 Å². The Bertz CT molecular complexity index is 807. The van der Waals surface area contributed by atoms with E-state index in [1.165, 1.54) is 18.4 Å². The van der Waals surface area contributed by atoms with Gasteiger partial charge in [-0.05, 0) is 62.1 Å². The Labute approximate surface area is 148 Å². The molecule has 0 unspecified atom stereocenters. The Morgan fingerprint density at radius 3 is 2.52 bits per heavy atom. The fourth-order valence-corrected chi connectivity index (χ4v) is 3.07. The van der Waals surface area contributed by atoms with Crippen molar-refractivity contribution >= 4 is 23.2 Å². The molecule has 1 aliphatic rings. The van der Waals surface area contributed by atoms with Crippen LogP contribution in [0, 0.1) is 0 Å². The van der Waals surface area contributed by atoms with Crippen molar-refractivity contribution in [2.45, 2.75) is 45.4 Å². The fraction of sp³-hybridized carbons (Fsp3) is 0.333. The van der Waals surface area contributed by atoms with Gasteiger partial charge >= 0.3 is 0 Å². The average Bonchev–Trinajstić information content (AvgIpc) is 2.83. The van der Waals surface area contributed by atoms with Crippen molar-refractivity contribution in [2.24, 2.45) is 0 Å². The summed E-state index contributed by atoms with van der Waals surface area (Å²) in [5.74, 6) is -0.217. The third-order valence-electron chi connectivity index (χ3n) is 4.80. The van der Waals surface area contributed by atoms with Crippen LogP contribution in [0.25, 0.3) is 0 Å².